The molecule has 0 atom stereocenters. The largest absolute Gasteiger partial charge is 1.00 e. The Labute approximate surface area is 455 Å². The van der Waals surface area contributed by atoms with Crippen LogP contribution in [0.3, 0.4) is 0 Å². The molecule has 9 rings (SSSR count). The van der Waals surface area contributed by atoms with Crippen molar-refractivity contribution >= 4 is 110 Å². The van der Waals surface area contributed by atoms with Crippen molar-refractivity contribution in [3.63, 3.8) is 0 Å². The van der Waals surface area contributed by atoms with E-state index in [0.29, 0.717) is 53.7 Å². The minimum absolute atomic E-state index is 0. The van der Waals surface area contributed by atoms with Gasteiger partial charge in [0.25, 0.3) is 40.5 Å². The first-order valence-electron chi connectivity index (χ1n) is 20.2. The number of hydrogen-bond acceptors (Lipinski definition) is 8. The van der Waals surface area contributed by atoms with E-state index >= 15 is 0 Å². The van der Waals surface area contributed by atoms with Crippen molar-refractivity contribution in [2.75, 3.05) is 0 Å². The van der Waals surface area contributed by atoms with Gasteiger partial charge in [-0.25, -0.2) is 0 Å². The zero-order valence-corrected chi connectivity index (χ0v) is 46.5. The average Bonchev–Trinajstić information content (AvgIpc) is 3.32. The van der Waals surface area contributed by atoms with Crippen molar-refractivity contribution in [2.45, 2.75) is 19.6 Å². The maximum Gasteiger partial charge on any atom is 1.00 e. The van der Waals surface area contributed by atoms with Gasteiger partial charge in [-0.05, 0) is 129 Å². The normalized spacial score (nSPS) is 11.7. The molecule has 9 aromatic rings. The maximum absolute atomic E-state index is 12.6. The number of hydrogen-bond donors (Lipinski definition) is 4. The Kier molecular flexibility index (Phi) is 19.4. The van der Waals surface area contributed by atoms with Gasteiger partial charge in [-0.1, -0.05) is 158 Å². The van der Waals surface area contributed by atoms with Gasteiger partial charge in [0.05, 0.1) is 19.6 Å². The third-order valence-electron chi connectivity index (χ3n) is 10.7. The van der Waals surface area contributed by atoms with Crippen LogP contribution in [0.2, 0.25) is 0 Å². The van der Waals surface area contributed by atoms with E-state index in [1.165, 1.54) is 72.8 Å². The molecule has 0 radical (unpaired) electrons. The van der Waals surface area contributed by atoms with Crippen molar-refractivity contribution in [3.8, 4) is 11.1 Å². The number of benzene rings is 9. The third-order valence-corrected chi connectivity index (χ3v) is 19.0. The van der Waals surface area contributed by atoms with E-state index in [1.807, 2.05) is 109 Å². The van der Waals surface area contributed by atoms with Crippen LogP contribution in [-0.2, 0) is 60.0 Å². The van der Waals surface area contributed by atoms with Gasteiger partial charge in [0.1, 0.15) is 0 Å². The molecular formula is C50H38ClNaO12P2RuS4. The van der Waals surface area contributed by atoms with Gasteiger partial charge < -0.3 is 12.4 Å². The zero-order chi connectivity index (χ0) is 48.4. The predicted molar refractivity (Wildman–Crippen MR) is 270 cm³/mol. The molecule has 0 fully saturated rings. The topological polar surface area (TPSA) is 217 Å². The van der Waals surface area contributed by atoms with Crippen LogP contribution in [0.25, 0.3) is 32.7 Å². The molecule has 0 amide bonds. The van der Waals surface area contributed by atoms with Crippen LogP contribution in [0.4, 0.5) is 0 Å². The van der Waals surface area contributed by atoms with E-state index in [0.717, 1.165) is 10.8 Å². The molecule has 71 heavy (non-hydrogen) atoms. The van der Waals surface area contributed by atoms with Crippen LogP contribution < -0.4 is 73.8 Å². The van der Waals surface area contributed by atoms with Crippen LogP contribution >= 0.6 is 15.8 Å². The zero-order valence-electron chi connectivity index (χ0n) is 36.9. The number of fused-ring (bicyclic) bond motifs is 2. The summed E-state index contributed by atoms with van der Waals surface area (Å²) in [6.45, 7) is 0. The van der Waals surface area contributed by atoms with Gasteiger partial charge >= 0.3 is 29.6 Å². The van der Waals surface area contributed by atoms with Crippen LogP contribution in [0, 0.1) is 0 Å². The summed E-state index contributed by atoms with van der Waals surface area (Å²) in [5, 5.41) is 5.59. The van der Waals surface area contributed by atoms with Crippen molar-refractivity contribution in [2.24, 2.45) is 0 Å². The van der Waals surface area contributed by atoms with Gasteiger partial charge in [0.2, 0.25) is 0 Å². The van der Waals surface area contributed by atoms with Gasteiger partial charge in [-0.2, -0.15) is 33.7 Å². The molecule has 360 valence electrons. The molecule has 0 heterocycles. The van der Waals surface area contributed by atoms with Gasteiger partial charge in [0.15, 0.2) is 0 Å². The third kappa shape index (κ3) is 13.4. The molecule has 0 aliphatic heterocycles. The summed E-state index contributed by atoms with van der Waals surface area (Å²) < 4.78 is 141. The van der Waals surface area contributed by atoms with E-state index < -0.39 is 75.9 Å². The molecule has 0 aliphatic rings. The van der Waals surface area contributed by atoms with Crippen LogP contribution in [-0.4, -0.2) is 51.9 Å². The molecule has 0 spiro atoms. The molecule has 0 bridgehead atoms. The molecule has 0 unspecified atom stereocenters. The maximum atomic E-state index is 12.6. The Hall–Kier alpha value is -4.09. The summed E-state index contributed by atoms with van der Waals surface area (Å²) in [6, 6.07) is 56.8. The Morgan fingerprint density at radius 1 is 0.310 bits per heavy atom. The molecule has 12 nitrogen and oxygen atoms in total. The number of halogens is 1. The quantitative estimate of drug-likeness (QED) is 0.0830. The Balaban J connectivity index is 0.000000970. The van der Waals surface area contributed by atoms with Gasteiger partial charge in [0, 0.05) is 19.5 Å². The fourth-order valence-corrected chi connectivity index (χ4v) is 15.3. The molecule has 4 N–H and O–H groups in total. The molecule has 0 aromatic heterocycles. The van der Waals surface area contributed by atoms with E-state index in [4.69, 9.17) is 0 Å². The Morgan fingerprint density at radius 3 is 0.817 bits per heavy atom. The summed E-state index contributed by atoms with van der Waals surface area (Å²) in [4.78, 5) is -1.66. The monoisotopic (exact) mass is 1180 g/mol. The minimum Gasteiger partial charge on any atom is -1.00 e. The summed E-state index contributed by atoms with van der Waals surface area (Å²) in [7, 11) is -22.9. The Morgan fingerprint density at radius 2 is 0.563 bits per heavy atom. The van der Waals surface area contributed by atoms with Crippen molar-refractivity contribution in [3.05, 3.63) is 206 Å². The molecule has 0 saturated carbocycles. The summed E-state index contributed by atoms with van der Waals surface area (Å²) in [5.41, 5.74) is 1.19. The first-order chi connectivity index (χ1) is 32.3. The van der Waals surface area contributed by atoms with E-state index in [9.17, 15) is 51.9 Å². The molecule has 0 aliphatic carbocycles. The first-order valence-corrected chi connectivity index (χ1v) is 28.7. The summed E-state index contributed by atoms with van der Waals surface area (Å²) in [6.07, 6.45) is 0. The summed E-state index contributed by atoms with van der Waals surface area (Å²) in [5.74, 6) is 0. The molecule has 9 aromatic carbocycles. The first kappa shape index (κ1) is 57.8. The summed E-state index contributed by atoms with van der Waals surface area (Å²) >= 11 is 0. The van der Waals surface area contributed by atoms with Gasteiger partial charge in [-0.3, -0.25) is 18.2 Å². The minimum atomic E-state index is -4.73. The van der Waals surface area contributed by atoms with Crippen LogP contribution in [0.1, 0.15) is 0 Å². The molecule has 0 saturated heterocycles. The predicted octanol–water partition coefficient (Wildman–Crippen LogP) is 1.86. The van der Waals surface area contributed by atoms with E-state index in [2.05, 4.69) is 0 Å². The Bertz CT molecular complexity index is 3440. The fraction of sp³-hybridized carbons (Fsp3) is 0. The fourth-order valence-electron chi connectivity index (χ4n) is 7.79. The standard InChI is InChI=1S/C44H32O12P2S4.C6H6.ClH.Na.Ru/c45-59(46,47)35-15-5-11-31(25-35)57(32-12-6-16-36(26-32)60(48,49)50)41-23-21-29-9-1-3-19-39(29)43(41)44-40-20-4-2-10-30(40)22-24-42(44)58(33-13-7-17-37(27-33)61(51,52)53)34-14-8-18-38(28-34)62(54,55)56;1-2-4-6-5-3-1;;;/h1-28H,(H,45,46,47)(H,48,49,50)(H,51,52,53)(H,54,55,56);1-6H;1H;;/q;;;+1;/p-1. The second-order valence-electron chi connectivity index (χ2n) is 15.1. The van der Waals surface area contributed by atoms with E-state index in [1.54, 1.807) is 24.3 Å². The molecule has 21 heteroatoms. The average molecular weight is 1180 g/mol. The number of rotatable bonds is 11. The SMILES string of the molecule is O=S(=O)(O)c1cccc(P(c2cccc(S(=O)(=O)O)c2)c2ccc3ccccc3c2-c2c(P(c3cccc(S(=O)(=O)O)c3)c3cccc(S(=O)(=O)O)c3)ccc3ccccc23)c1.[Cl-].[Na+].[Ru].c1ccccc1. The smallest absolute Gasteiger partial charge is 1.00 e. The van der Waals surface area contributed by atoms with Crippen LogP contribution in [0.15, 0.2) is 226 Å². The molecular weight excluding hydrogens is 1140 g/mol. The van der Waals surface area contributed by atoms with Crippen molar-refractivity contribution < 1.29 is 113 Å². The van der Waals surface area contributed by atoms with Gasteiger partial charge in [-0.15, -0.1) is 0 Å². The van der Waals surface area contributed by atoms with Crippen molar-refractivity contribution in [1.82, 2.24) is 0 Å². The van der Waals surface area contributed by atoms with Crippen LogP contribution in [0.5, 0.6) is 0 Å². The second-order valence-corrected chi connectivity index (χ2v) is 25.1. The van der Waals surface area contributed by atoms with Crippen molar-refractivity contribution in [1.29, 1.82) is 0 Å². The second kappa shape index (κ2) is 23.9. The van der Waals surface area contributed by atoms with E-state index in [-0.39, 0.29) is 61.4 Å².